The number of hydrogen-bond donors (Lipinski definition) is 1. The molecule has 1 N–H and O–H groups in total. The topological polar surface area (TPSA) is 54.5 Å². The zero-order valence-corrected chi connectivity index (χ0v) is 18.2. The average Bonchev–Trinajstić information content (AvgIpc) is 3.25. The minimum Gasteiger partial charge on any atom is -0.473 e. The Morgan fingerprint density at radius 1 is 1.03 bits per heavy atom. The van der Waals surface area contributed by atoms with E-state index in [0.29, 0.717) is 27.6 Å². The summed E-state index contributed by atoms with van der Waals surface area (Å²) < 4.78 is 20.1. The van der Waals surface area contributed by atoms with Gasteiger partial charge in [-0.25, -0.2) is 9.37 Å². The number of nitrogens with one attached hydrogen (secondary N) is 1. The fourth-order valence-electron chi connectivity index (χ4n) is 4.11. The van der Waals surface area contributed by atoms with Gasteiger partial charge in [0.05, 0.1) is 16.8 Å². The third-order valence-corrected chi connectivity index (χ3v) is 6.72. The number of thiazole rings is 1. The highest BCUT2D eigenvalue weighted by Gasteiger charge is 2.20. The van der Waals surface area contributed by atoms with E-state index in [2.05, 4.69) is 33.4 Å². The molecule has 0 spiro atoms. The number of halogens is 1. The smallest absolute Gasteiger partial charge is 0.257 e. The Labute approximate surface area is 193 Å². The maximum atomic E-state index is 13.4. The van der Waals surface area contributed by atoms with Crippen LogP contribution >= 0.6 is 11.3 Å². The molecule has 162 valence electrons. The number of aromatic nitrogens is 1. The molecule has 0 fully saturated rings. The zero-order chi connectivity index (χ0) is 22.4. The van der Waals surface area contributed by atoms with E-state index in [4.69, 9.17) is 4.74 Å². The molecule has 7 heteroatoms. The van der Waals surface area contributed by atoms with Gasteiger partial charge in [0.15, 0.2) is 11.9 Å². The monoisotopic (exact) mass is 455 g/mol. The van der Waals surface area contributed by atoms with Crippen molar-refractivity contribution in [3.63, 3.8) is 0 Å². The van der Waals surface area contributed by atoms with Crippen molar-refractivity contribution in [3.8, 4) is 5.75 Å². The second-order valence-corrected chi connectivity index (χ2v) is 8.90. The van der Waals surface area contributed by atoms with Crippen LogP contribution in [0.5, 0.6) is 5.75 Å². The number of anilines is 2. The summed E-state index contributed by atoms with van der Waals surface area (Å²) in [4.78, 5) is 19.2. The minimum absolute atomic E-state index is 0.257. The zero-order valence-electron chi connectivity index (χ0n) is 17.4. The summed E-state index contributed by atoms with van der Waals surface area (Å²) in [6, 6.07) is 24.2. The lowest BCUT2D eigenvalue weighted by atomic mass is 10.0. The van der Waals surface area contributed by atoms with Crippen molar-refractivity contribution in [2.45, 2.75) is 6.54 Å². The lowest BCUT2D eigenvalue weighted by molar-refractivity contribution is 0.102. The second-order valence-electron chi connectivity index (χ2n) is 7.87. The van der Waals surface area contributed by atoms with Gasteiger partial charge in [-0.2, -0.15) is 0 Å². The number of carbonyl (C=O) groups excluding carboxylic acids is 1. The quantitative estimate of drug-likeness (QED) is 0.352. The van der Waals surface area contributed by atoms with Crippen molar-refractivity contribution in [1.29, 1.82) is 0 Å². The first-order valence-corrected chi connectivity index (χ1v) is 11.3. The van der Waals surface area contributed by atoms with Crippen LogP contribution in [0.3, 0.4) is 0 Å². The van der Waals surface area contributed by atoms with Gasteiger partial charge >= 0.3 is 0 Å². The summed E-state index contributed by atoms with van der Waals surface area (Å²) in [6.07, 6.45) is 0. The second kappa shape index (κ2) is 7.86. The Morgan fingerprint density at radius 3 is 2.76 bits per heavy atom. The van der Waals surface area contributed by atoms with Crippen LogP contribution in [0.1, 0.15) is 15.9 Å². The SMILES string of the molecule is O=C(Nc1nc2ccc(F)cc2s1)c1ccc(N2COc3ccc4ccccc4c3C2)cc1. The first kappa shape index (κ1) is 19.7. The molecule has 0 atom stereocenters. The predicted octanol–water partition coefficient (Wildman–Crippen LogP) is 6.20. The molecule has 0 saturated carbocycles. The Morgan fingerprint density at radius 2 is 1.88 bits per heavy atom. The lowest BCUT2D eigenvalue weighted by Crippen LogP contribution is -2.32. The van der Waals surface area contributed by atoms with E-state index in [0.717, 1.165) is 23.5 Å². The van der Waals surface area contributed by atoms with Crippen molar-refractivity contribution >= 4 is 49.1 Å². The molecule has 33 heavy (non-hydrogen) atoms. The molecule has 1 aromatic heterocycles. The van der Waals surface area contributed by atoms with E-state index in [-0.39, 0.29) is 11.7 Å². The molecule has 1 amide bonds. The molecule has 4 aromatic carbocycles. The van der Waals surface area contributed by atoms with E-state index >= 15 is 0 Å². The standard InChI is InChI=1S/C26H18FN3O2S/c27-18-8-11-22-24(13-18)33-26(28-22)29-25(31)17-5-9-19(10-6-17)30-14-21-20-4-2-1-3-16(20)7-12-23(21)32-15-30/h1-13H,14-15H2,(H,28,29,31). The molecule has 0 radical (unpaired) electrons. The van der Waals surface area contributed by atoms with Gasteiger partial charge in [-0.15, -0.1) is 0 Å². The van der Waals surface area contributed by atoms with Crippen molar-refractivity contribution < 1.29 is 13.9 Å². The summed E-state index contributed by atoms with van der Waals surface area (Å²) in [6.45, 7) is 1.17. The van der Waals surface area contributed by atoms with Gasteiger partial charge in [0, 0.05) is 16.8 Å². The largest absolute Gasteiger partial charge is 0.473 e. The van der Waals surface area contributed by atoms with Gasteiger partial charge in [0.2, 0.25) is 0 Å². The molecular weight excluding hydrogens is 437 g/mol. The van der Waals surface area contributed by atoms with Crippen molar-refractivity contribution in [2.75, 3.05) is 16.9 Å². The molecule has 2 heterocycles. The fourth-order valence-corrected chi connectivity index (χ4v) is 4.99. The van der Waals surface area contributed by atoms with Crippen LogP contribution in [0.25, 0.3) is 21.0 Å². The number of benzene rings is 4. The van der Waals surface area contributed by atoms with Crippen LogP contribution < -0.4 is 15.0 Å². The van der Waals surface area contributed by atoms with Crippen molar-refractivity contribution in [2.24, 2.45) is 0 Å². The minimum atomic E-state index is -0.322. The fraction of sp³-hybridized carbons (Fsp3) is 0.0769. The van der Waals surface area contributed by atoms with Gasteiger partial charge in [-0.3, -0.25) is 10.1 Å². The Hall–Kier alpha value is -3.97. The van der Waals surface area contributed by atoms with E-state index in [1.807, 2.05) is 30.3 Å². The highest BCUT2D eigenvalue weighted by atomic mass is 32.1. The molecule has 6 rings (SSSR count). The average molecular weight is 456 g/mol. The third kappa shape index (κ3) is 3.66. The number of ether oxygens (including phenoxy) is 1. The Kier molecular flexibility index (Phi) is 4.69. The van der Waals surface area contributed by atoms with Gasteiger partial charge in [0.1, 0.15) is 11.6 Å². The van der Waals surface area contributed by atoms with Crippen molar-refractivity contribution in [1.82, 2.24) is 4.98 Å². The van der Waals surface area contributed by atoms with Crippen LogP contribution in [-0.2, 0) is 6.54 Å². The van der Waals surface area contributed by atoms with E-state index in [1.54, 1.807) is 18.2 Å². The predicted molar refractivity (Wildman–Crippen MR) is 130 cm³/mol. The van der Waals surface area contributed by atoms with Gasteiger partial charge in [-0.1, -0.05) is 41.7 Å². The highest BCUT2D eigenvalue weighted by molar-refractivity contribution is 7.22. The molecule has 5 nitrogen and oxygen atoms in total. The highest BCUT2D eigenvalue weighted by Crippen LogP contribution is 2.34. The number of hydrogen-bond acceptors (Lipinski definition) is 5. The normalized spacial score (nSPS) is 13.1. The number of rotatable bonds is 3. The maximum absolute atomic E-state index is 13.4. The van der Waals surface area contributed by atoms with Gasteiger partial charge < -0.3 is 9.64 Å². The van der Waals surface area contributed by atoms with Crippen LogP contribution in [0.2, 0.25) is 0 Å². The van der Waals surface area contributed by atoms with Crippen LogP contribution in [-0.4, -0.2) is 17.6 Å². The molecule has 0 saturated heterocycles. The molecule has 0 unspecified atom stereocenters. The summed E-state index contributed by atoms with van der Waals surface area (Å²) in [5.74, 6) is 0.334. The van der Waals surface area contributed by atoms with E-state index in [9.17, 15) is 9.18 Å². The molecular formula is C26H18FN3O2S. The summed E-state index contributed by atoms with van der Waals surface area (Å²) >= 11 is 1.25. The number of nitrogens with zero attached hydrogens (tertiary/aromatic N) is 2. The van der Waals surface area contributed by atoms with E-state index < -0.39 is 0 Å². The van der Waals surface area contributed by atoms with Crippen molar-refractivity contribution in [3.05, 3.63) is 95.8 Å². The first-order valence-electron chi connectivity index (χ1n) is 10.5. The number of fused-ring (bicyclic) bond motifs is 4. The summed E-state index contributed by atoms with van der Waals surface area (Å²) in [5, 5.41) is 5.62. The molecule has 5 aromatic rings. The van der Waals surface area contributed by atoms with Gasteiger partial charge in [-0.05, 0) is 59.3 Å². The number of amides is 1. The maximum Gasteiger partial charge on any atom is 0.257 e. The number of carbonyl (C=O) groups is 1. The molecule has 0 bridgehead atoms. The first-order chi connectivity index (χ1) is 16.1. The molecule has 1 aliphatic rings. The summed E-state index contributed by atoms with van der Waals surface area (Å²) in [7, 11) is 0. The van der Waals surface area contributed by atoms with Gasteiger partial charge in [0.25, 0.3) is 5.91 Å². The Bertz CT molecular complexity index is 1510. The van der Waals surface area contributed by atoms with Crippen LogP contribution in [0.15, 0.2) is 78.9 Å². The lowest BCUT2D eigenvalue weighted by Gasteiger charge is -2.31. The Balaban J connectivity index is 1.20. The van der Waals surface area contributed by atoms with Crippen LogP contribution in [0.4, 0.5) is 15.2 Å². The van der Waals surface area contributed by atoms with E-state index in [1.165, 1.54) is 34.2 Å². The summed E-state index contributed by atoms with van der Waals surface area (Å²) in [5.41, 5.74) is 3.31. The van der Waals surface area contributed by atoms with Crippen LogP contribution in [0, 0.1) is 5.82 Å². The molecule has 1 aliphatic heterocycles. The third-order valence-electron chi connectivity index (χ3n) is 5.79. The molecule has 0 aliphatic carbocycles.